The number of halogens is 2. The van der Waals surface area contributed by atoms with Crippen molar-refractivity contribution in [2.24, 2.45) is 5.92 Å². The molecule has 37 heavy (non-hydrogen) atoms. The topological polar surface area (TPSA) is 67.3 Å². The lowest BCUT2D eigenvalue weighted by Crippen LogP contribution is -2.19. The summed E-state index contributed by atoms with van der Waals surface area (Å²) in [5.74, 6) is 0.722. The molecule has 2 heterocycles. The van der Waals surface area contributed by atoms with Crippen LogP contribution in [0.2, 0.25) is 10.0 Å². The monoisotopic (exact) mass is 534 g/mol. The van der Waals surface area contributed by atoms with Crippen molar-refractivity contribution in [1.29, 1.82) is 0 Å². The van der Waals surface area contributed by atoms with E-state index in [-0.39, 0.29) is 11.7 Å². The molecule has 6 nitrogen and oxygen atoms in total. The summed E-state index contributed by atoms with van der Waals surface area (Å²) in [6.07, 6.45) is 5.22. The molecule has 0 spiro atoms. The summed E-state index contributed by atoms with van der Waals surface area (Å²) in [4.78, 5) is 24.3. The average molecular weight is 535 g/mol. The molecule has 0 bridgehead atoms. The normalized spacial score (nSPS) is 13.2. The predicted molar refractivity (Wildman–Crippen MR) is 151 cm³/mol. The maximum Gasteiger partial charge on any atom is 0.213 e. The second-order valence-electron chi connectivity index (χ2n) is 9.64. The third-order valence-electron chi connectivity index (χ3n) is 6.49. The van der Waals surface area contributed by atoms with Gasteiger partial charge in [0.1, 0.15) is 6.61 Å². The van der Waals surface area contributed by atoms with Crippen LogP contribution in [0.4, 0.5) is 11.4 Å². The molecule has 1 aliphatic carbocycles. The Morgan fingerprint density at radius 1 is 1.03 bits per heavy atom. The molecule has 5 rings (SSSR count). The first-order chi connectivity index (χ1) is 17.8. The summed E-state index contributed by atoms with van der Waals surface area (Å²) in [7, 11) is 3.99. The molecule has 1 saturated carbocycles. The molecule has 1 N–H and O–H groups in total. The van der Waals surface area contributed by atoms with Crippen LogP contribution < -0.4 is 10.1 Å². The zero-order chi connectivity index (χ0) is 26.1. The molecule has 8 heteroatoms. The molecule has 0 radical (unpaired) electrons. The lowest BCUT2D eigenvalue weighted by molar-refractivity contribution is 0.0968. The van der Waals surface area contributed by atoms with E-state index < -0.39 is 0 Å². The number of ketones is 1. The number of aromatic nitrogens is 2. The Kier molecular flexibility index (Phi) is 7.33. The van der Waals surface area contributed by atoms with Gasteiger partial charge in [0.2, 0.25) is 5.88 Å². The third kappa shape index (κ3) is 5.72. The number of pyridine rings is 2. The van der Waals surface area contributed by atoms with Crippen LogP contribution in [0, 0.1) is 12.8 Å². The van der Waals surface area contributed by atoms with Gasteiger partial charge < -0.3 is 15.0 Å². The van der Waals surface area contributed by atoms with Gasteiger partial charge in [-0.2, -0.15) is 0 Å². The number of nitrogens with zero attached hydrogens (tertiary/aromatic N) is 3. The number of hydrogen-bond acceptors (Lipinski definition) is 6. The van der Waals surface area contributed by atoms with Gasteiger partial charge in [-0.1, -0.05) is 29.3 Å². The molecular formula is C29H28Cl2N4O2. The van der Waals surface area contributed by atoms with Gasteiger partial charge in [0.25, 0.3) is 0 Å². The lowest BCUT2D eigenvalue weighted by Gasteiger charge is -2.16. The first-order valence-corrected chi connectivity index (χ1v) is 13.0. The highest BCUT2D eigenvalue weighted by Crippen LogP contribution is 2.39. The maximum absolute atomic E-state index is 13.2. The summed E-state index contributed by atoms with van der Waals surface area (Å²) in [6.45, 7) is 3.25. The Morgan fingerprint density at radius 3 is 2.43 bits per heavy atom. The van der Waals surface area contributed by atoms with Gasteiger partial charge in [-0.05, 0) is 80.9 Å². The summed E-state index contributed by atoms with van der Waals surface area (Å²) in [6, 6.07) is 13.5. The van der Waals surface area contributed by atoms with E-state index in [0.29, 0.717) is 28.1 Å². The first-order valence-electron chi connectivity index (χ1n) is 12.2. The quantitative estimate of drug-likeness (QED) is 0.229. The highest BCUT2D eigenvalue weighted by atomic mass is 35.5. The number of anilines is 2. The number of hydrogen-bond donors (Lipinski definition) is 1. The number of nitrogens with one attached hydrogen (secondary N) is 1. The molecule has 4 aromatic rings. The van der Waals surface area contributed by atoms with E-state index in [1.54, 1.807) is 12.4 Å². The number of ether oxygens (including phenoxy) is 1. The summed E-state index contributed by atoms with van der Waals surface area (Å²) >= 11 is 12.8. The van der Waals surface area contributed by atoms with Crippen molar-refractivity contribution in [3.63, 3.8) is 0 Å². The van der Waals surface area contributed by atoms with Gasteiger partial charge in [-0.15, -0.1) is 0 Å². The Balaban J connectivity index is 1.54. The molecule has 0 amide bonds. The summed E-state index contributed by atoms with van der Waals surface area (Å²) < 4.78 is 5.72. The van der Waals surface area contributed by atoms with Gasteiger partial charge in [0, 0.05) is 40.2 Å². The maximum atomic E-state index is 13.2. The van der Waals surface area contributed by atoms with E-state index in [0.717, 1.165) is 58.4 Å². The van der Waals surface area contributed by atoms with Crippen molar-refractivity contribution in [2.75, 3.05) is 32.6 Å². The molecule has 0 atom stereocenters. The molecule has 2 aromatic carbocycles. The van der Waals surface area contributed by atoms with Crippen LogP contribution in [0.3, 0.4) is 0 Å². The number of carbonyl (C=O) groups is 1. The Hall–Kier alpha value is -3.19. The van der Waals surface area contributed by atoms with E-state index in [1.807, 2.05) is 63.5 Å². The Bertz CT molecular complexity index is 1440. The number of rotatable bonds is 9. The molecule has 0 unspecified atom stereocenters. The van der Waals surface area contributed by atoms with E-state index >= 15 is 0 Å². The predicted octanol–water partition coefficient (Wildman–Crippen LogP) is 7.19. The molecule has 190 valence electrons. The number of fused-ring (bicyclic) bond motifs is 1. The van der Waals surface area contributed by atoms with Gasteiger partial charge >= 0.3 is 0 Å². The van der Waals surface area contributed by atoms with E-state index in [2.05, 4.69) is 20.2 Å². The highest BCUT2D eigenvalue weighted by Gasteiger charge is 2.32. The largest absolute Gasteiger partial charge is 0.476 e. The van der Waals surface area contributed by atoms with Gasteiger partial charge in [-0.3, -0.25) is 9.78 Å². The highest BCUT2D eigenvalue weighted by molar-refractivity contribution is 6.36. The summed E-state index contributed by atoms with van der Waals surface area (Å²) in [5.41, 5.74) is 5.50. The Morgan fingerprint density at radius 2 is 1.78 bits per heavy atom. The van der Waals surface area contributed by atoms with Crippen LogP contribution in [0.25, 0.3) is 22.0 Å². The third-order valence-corrected chi connectivity index (χ3v) is 7.28. The molecule has 2 aromatic heterocycles. The number of carbonyl (C=O) groups excluding carboxylic acids is 1. The van der Waals surface area contributed by atoms with Crippen molar-refractivity contribution in [3.05, 3.63) is 76.0 Å². The summed E-state index contributed by atoms with van der Waals surface area (Å²) in [5, 5.41) is 5.50. The molecule has 0 aliphatic heterocycles. The smallest absolute Gasteiger partial charge is 0.213 e. The van der Waals surface area contributed by atoms with E-state index in [9.17, 15) is 4.79 Å². The van der Waals surface area contributed by atoms with Crippen molar-refractivity contribution < 1.29 is 9.53 Å². The minimum atomic E-state index is 0.0586. The first kappa shape index (κ1) is 25.5. The molecule has 1 fully saturated rings. The molecule has 1 aliphatic rings. The SMILES string of the molecule is Cc1c(Cl)cc(-c2ccc3ncc(C(=O)C4CC4)c(Nc4ccc(OCCN(C)C)nc4)c3c2)cc1Cl. The number of Topliss-reactive ketones (excluding diaryl/α,β-unsaturated/α-hetero) is 1. The minimum absolute atomic E-state index is 0.0586. The second-order valence-corrected chi connectivity index (χ2v) is 10.5. The zero-order valence-electron chi connectivity index (χ0n) is 21.0. The second kappa shape index (κ2) is 10.7. The Labute approximate surface area is 226 Å². The van der Waals surface area contributed by atoms with Crippen LogP contribution in [-0.2, 0) is 0 Å². The van der Waals surface area contributed by atoms with Crippen LogP contribution >= 0.6 is 23.2 Å². The van der Waals surface area contributed by atoms with Crippen LogP contribution in [0.1, 0.15) is 28.8 Å². The van der Waals surface area contributed by atoms with E-state index in [1.165, 1.54) is 0 Å². The van der Waals surface area contributed by atoms with Crippen LogP contribution in [0.5, 0.6) is 5.88 Å². The molecular weight excluding hydrogens is 507 g/mol. The van der Waals surface area contributed by atoms with Gasteiger partial charge in [0.05, 0.1) is 28.7 Å². The van der Waals surface area contributed by atoms with E-state index in [4.69, 9.17) is 27.9 Å². The minimum Gasteiger partial charge on any atom is -0.476 e. The van der Waals surface area contributed by atoms with Gasteiger partial charge in [0.15, 0.2) is 5.78 Å². The standard InChI is InChI=1S/C29H28Cl2N4O2/c1-17-24(30)13-20(14-25(17)31)19-6-8-26-22(12-19)28(23(16-32-26)29(36)18-4-5-18)34-21-7-9-27(33-15-21)37-11-10-35(2)3/h6-9,12-16,18H,4-5,10-11H2,1-3H3,(H,32,34). The molecule has 0 saturated heterocycles. The van der Waals surface area contributed by atoms with Crippen molar-refractivity contribution >= 4 is 51.3 Å². The van der Waals surface area contributed by atoms with Crippen LogP contribution in [0.15, 0.2) is 54.9 Å². The average Bonchev–Trinajstić information content (AvgIpc) is 3.73. The number of likely N-dealkylation sites (N-methyl/N-ethyl adjacent to an activating group) is 1. The fourth-order valence-electron chi connectivity index (χ4n) is 4.09. The zero-order valence-corrected chi connectivity index (χ0v) is 22.5. The van der Waals surface area contributed by atoms with Gasteiger partial charge in [-0.25, -0.2) is 4.98 Å². The lowest BCUT2D eigenvalue weighted by atomic mass is 9.98. The van der Waals surface area contributed by atoms with Crippen molar-refractivity contribution in [3.8, 4) is 17.0 Å². The van der Waals surface area contributed by atoms with Crippen molar-refractivity contribution in [2.45, 2.75) is 19.8 Å². The fourth-order valence-corrected chi connectivity index (χ4v) is 4.57. The fraction of sp³-hybridized carbons (Fsp3) is 0.276. The van der Waals surface area contributed by atoms with Crippen LogP contribution in [-0.4, -0.2) is 47.9 Å². The van der Waals surface area contributed by atoms with Crippen molar-refractivity contribution in [1.82, 2.24) is 14.9 Å². The number of benzene rings is 2.